The highest BCUT2D eigenvalue weighted by molar-refractivity contribution is 14.1. The highest BCUT2D eigenvalue weighted by Crippen LogP contribution is 2.18. The zero-order valence-corrected chi connectivity index (χ0v) is 6.92. The Labute approximate surface area is 62.7 Å². The van der Waals surface area contributed by atoms with Gasteiger partial charge in [-0.3, -0.25) is 0 Å². The largest absolute Gasteiger partial charge is 0.349 e. The second kappa shape index (κ2) is 2.98. The molecule has 1 saturated heterocycles. The molecule has 3 heteroatoms. The van der Waals surface area contributed by atoms with Gasteiger partial charge in [-0.05, 0) is 29.0 Å². The predicted molar refractivity (Wildman–Crippen MR) is 38.9 cm³/mol. The minimum atomic E-state index is 0.0666. The van der Waals surface area contributed by atoms with Crippen molar-refractivity contribution in [2.24, 2.45) is 0 Å². The van der Waals surface area contributed by atoms with Crippen LogP contribution in [0.25, 0.3) is 0 Å². The van der Waals surface area contributed by atoms with Gasteiger partial charge < -0.3 is 9.47 Å². The third kappa shape index (κ3) is 1.56. The average Bonchev–Trinajstić information content (AvgIpc) is 2.14. The SMILES string of the molecule is CC[C@@H]1OC[C@@H](I)O1. The first-order valence-electron chi connectivity index (χ1n) is 2.74. The zero-order chi connectivity index (χ0) is 5.98. The molecule has 2 atom stereocenters. The van der Waals surface area contributed by atoms with Crippen LogP contribution in [0.2, 0.25) is 0 Å². The molecule has 0 unspecified atom stereocenters. The number of alkyl halides is 1. The van der Waals surface area contributed by atoms with Crippen LogP contribution in [0.5, 0.6) is 0 Å². The molecule has 0 saturated carbocycles. The van der Waals surface area contributed by atoms with Gasteiger partial charge in [0.15, 0.2) is 6.29 Å². The highest BCUT2D eigenvalue weighted by atomic mass is 127. The molecule has 1 heterocycles. The van der Waals surface area contributed by atoms with Gasteiger partial charge >= 0.3 is 0 Å². The number of ether oxygens (including phenoxy) is 2. The molecule has 0 spiro atoms. The molecule has 1 fully saturated rings. The third-order valence-corrected chi connectivity index (χ3v) is 1.70. The van der Waals surface area contributed by atoms with Crippen molar-refractivity contribution >= 4 is 22.6 Å². The first kappa shape index (κ1) is 6.77. The van der Waals surface area contributed by atoms with Crippen LogP contribution in [0.1, 0.15) is 13.3 Å². The van der Waals surface area contributed by atoms with Gasteiger partial charge in [-0.1, -0.05) is 6.92 Å². The molecule has 0 aromatic rings. The van der Waals surface area contributed by atoms with Crippen molar-refractivity contribution in [1.29, 1.82) is 0 Å². The summed E-state index contributed by atoms with van der Waals surface area (Å²) < 4.78 is 10.7. The van der Waals surface area contributed by atoms with Gasteiger partial charge in [-0.15, -0.1) is 0 Å². The van der Waals surface area contributed by atoms with Gasteiger partial charge in [0.25, 0.3) is 0 Å². The minimum Gasteiger partial charge on any atom is -0.349 e. The highest BCUT2D eigenvalue weighted by Gasteiger charge is 2.20. The van der Waals surface area contributed by atoms with Crippen molar-refractivity contribution < 1.29 is 9.47 Å². The molecule has 1 aliphatic rings. The van der Waals surface area contributed by atoms with E-state index in [0.717, 1.165) is 13.0 Å². The van der Waals surface area contributed by atoms with Crippen molar-refractivity contribution in [3.05, 3.63) is 0 Å². The number of hydrogen-bond acceptors (Lipinski definition) is 2. The Morgan fingerprint density at radius 3 is 2.75 bits per heavy atom. The van der Waals surface area contributed by atoms with Crippen LogP contribution in [-0.4, -0.2) is 17.0 Å². The van der Waals surface area contributed by atoms with E-state index in [4.69, 9.17) is 9.47 Å². The molecule has 0 N–H and O–H groups in total. The fraction of sp³-hybridized carbons (Fsp3) is 1.00. The fourth-order valence-corrected chi connectivity index (χ4v) is 1.18. The van der Waals surface area contributed by atoms with Crippen molar-refractivity contribution in [1.82, 2.24) is 0 Å². The summed E-state index contributed by atoms with van der Waals surface area (Å²) >= 11 is 2.22. The molecule has 0 amide bonds. The summed E-state index contributed by atoms with van der Waals surface area (Å²) in [5, 5.41) is 0. The molecule has 0 aliphatic carbocycles. The molecule has 1 rings (SSSR count). The molecule has 2 nitrogen and oxygen atoms in total. The third-order valence-electron chi connectivity index (χ3n) is 1.05. The Hall–Kier alpha value is 0.650. The van der Waals surface area contributed by atoms with E-state index in [9.17, 15) is 0 Å². The minimum absolute atomic E-state index is 0.0666. The summed E-state index contributed by atoms with van der Waals surface area (Å²) in [5.74, 6) is 0. The van der Waals surface area contributed by atoms with Crippen LogP contribution in [0.4, 0.5) is 0 Å². The van der Waals surface area contributed by atoms with Gasteiger partial charge in [0, 0.05) is 0 Å². The monoisotopic (exact) mass is 228 g/mol. The Balaban J connectivity index is 2.22. The predicted octanol–water partition coefficient (Wildman–Crippen LogP) is 1.53. The smallest absolute Gasteiger partial charge is 0.159 e. The molecular formula is C5H9IO2. The molecule has 0 aromatic carbocycles. The first-order valence-corrected chi connectivity index (χ1v) is 3.98. The van der Waals surface area contributed by atoms with E-state index in [2.05, 4.69) is 29.5 Å². The second-order valence-corrected chi connectivity index (χ2v) is 3.11. The van der Waals surface area contributed by atoms with Gasteiger partial charge in [0.2, 0.25) is 0 Å². The van der Waals surface area contributed by atoms with Gasteiger partial charge in [0.05, 0.1) is 6.61 Å². The maximum absolute atomic E-state index is 5.27. The van der Waals surface area contributed by atoms with Crippen LogP contribution in [0.3, 0.4) is 0 Å². The van der Waals surface area contributed by atoms with Crippen molar-refractivity contribution in [2.45, 2.75) is 23.7 Å². The Bertz CT molecular complexity index is 76.8. The quantitative estimate of drug-likeness (QED) is 0.500. The zero-order valence-electron chi connectivity index (χ0n) is 4.76. The normalized spacial score (nSPS) is 38.2. The van der Waals surface area contributed by atoms with Crippen LogP contribution < -0.4 is 0 Å². The molecule has 0 aromatic heterocycles. The lowest BCUT2D eigenvalue weighted by atomic mass is 10.5. The fourth-order valence-electron chi connectivity index (χ4n) is 0.640. The van der Waals surface area contributed by atoms with Crippen LogP contribution in [0.15, 0.2) is 0 Å². The Morgan fingerprint density at radius 1 is 1.75 bits per heavy atom. The van der Waals surface area contributed by atoms with Gasteiger partial charge in [-0.25, -0.2) is 0 Å². The standard InChI is InChI=1S/C5H9IO2/c1-2-5-7-3-4(6)8-5/h4-5H,2-3H2,1H3/t4-,5+/m0/s1. The molecular weight excluding hydrogens is 219 g/mol. The average molecular weight is 228 g/mol. The molecule has 0 radical (unpaired) electrons. The van der Waals surface area contributed by atoms with Crippen LogP contribution >= 0.6 is 22.6 Å². The summed E-state index contributed by atoms with van der Waals surface area (Å²) in [4.78, 5) is 0. The number of rotatable bonds is 1. The summed E-state index contributed by atoms with van der Waals surface area (Å²) in [6, 6.07) is 0. The Morgan fingerprint density at radius 2 is 2.50 bits per heavy atom. The summed E-state index contributed by atoms with van der Waals surface area (Å²) in [6.45, 7) is 2.80. The van der Waals surface area contributed by atoms with Crippen molar-refractivity contribution in [3.8, 4) is 0 Å². The topological polar surface area (TPSA) is 18.5 Å². The number of halogens is 1. The molecule has 0 bridgehead atoms. The lowest BCUT2D eigenvalue weighted by Crippen LogP contribution is -2.05. The molecule has 48 valence electrons. The second-order valence-electron chi connectivity index (χ2n) is 1.72. The van der Waals surface area contributed by atoms with Crippen LogP contribution in [-0.2, 0) is 9.47 Å². The van der Waals surface area contributed by atoms with Crippen molar-refractivity contribution in [3.63, 3.8) is 0 Å². The van der Waals surface area contributed by atoms with E-state index in [0.29, 0.717) is 0 Å². The van der Waals surface area contributed by atoms with Crippen LogP contribution in [0, 0.1) is 0 Å². The summed E-state index contributed by atoms with van der Waals surface area (Å²) in [7, 11) is 0. The maximum atomic E-state index is 5.27. The summed E-state index contributed by atoms with van der Waals surface area (Å²) in [5.41, 5.74) is 0. The first-order chi connectivity index (χ1) is 3.83. The van der Waals surface area contributed by atoms with Crippen molar-refractivity contribution in [2.75, 3.05) is 6.61 Å². The number of hydrogen-bond donors (Lipinski definition) is 0. The molecule has 8 heavy (non-hydrogen) atoms. The van der Waals surface area contributed by atoms with E-state index >= 15 is 0 Å². The van der Waals surface area contributed by atoms with Gasteiger partial charge in [0.1, 0.15) is 4.11 Å². The van der Waals surface area contributed by atoms with E-state index in [1.807, 2.05) is 0 Å². The summed E-state index contributed by atoms with van der Waals surface area (Å²) in [6.07, 6.45) is 1.02. The molecule has 1 aliphatic heterocycles. The van der Waals surface area contributed by atoms with Gasteiger partial charge in [-0.2, -0.15) is 0 Å². The van der Waals surface area contributed by atoms with E-state index < -0.39 is 0 Å². The van der Waals surface area contributed by atoms with E-state index in [1.165, 1.54) is 0 Å². The Kier molecular flexibility index (Phi) is 2.52. The maximum Gasteiger partial charge on any atom is 0.159 e. The lowest BCUT2D eigenvalue weighted by Gasteiger charge is -2.02. The van der Waals surface area contributed by atoms with E-state index in [1.54, 1.807) is 0 Å². The lowest BCUT2D eigenvalue weighted by molar-refractivity contribution is -0.0452. The van der Waals surface area contributed by atoms with E-state index in [-0.39, 0.29) is 10.4 Å².